The Bertz CT molecular complexity index is 794. The van der Waals surface area contributed by atoms with Gasteiger partial charge in [0.2, 0.25) is 12.2 Å². The molecule has 1 N–H and O–H groups in total. The number of rotatable bonds is 3. The van der Waals surface area contributed by atoms with Crippen LogP contribution >= 0.6 is 0 Å². The van der Waals surface area contributed by atoms with Crippen LogP contribution in [0.5, 0.6) is 0 Å². The van der Waals surface area contributed by atoms with E-state index in [1.165, 1.54) is 18.3 Å². The van der Waals surface area contributed by atoms with E-state index in [4.69, 9.17) is 0 Å². The number of halogens is 3. The van der Waals surface area contributed by atoms with Crippen LogP contribution in [0.2, 0.25) is 0 Å². The van der Waals surface area contributed by atoms with Crippen LogP contribution in [-0.2, 0) is 11.7 Å². The van der Waals surface area contributed by atoms with E-state index >= 15 is 0 Å². The number of hydrogen-bond acceptors (Lipinski definition) is 4. The van der Waals surface area contributed by atoms with Crippen molar-refractivity contribution in [2.45, 2.75) is 31.9 Å². The maximum atomic E-state index is 12.7. The zero-order valence-electron chi connectivity index (χ0n) is 13.5. The normalized spacial score (nSPS) is 18.4. The number of pyridine rings is 1. The fourth-order valence-electron chi connectivity index (χ4n) is 2.60. The summed E-state index contributed by atoms with van der Waals surface area (Å²) in [6.45, 7) is 3.66. The minimum absolute atomic E-state index is 0.155. The minimum atomic E-state index is -4.48. The summed E-state index contributed by atoms with van der Waals surface area (Å²) < 4.78 is 39.7. The number of aliphatic imine (C=N–C) groups is 1. The lowest BCUT2D eigenvalue weighted by atomic mass is 9.93. The van der Waals surface area contributed by atoms with Crippen molar-refractivity contribution in [1.29, 1.82) is 0 Å². The molecule has 1 atom stereocenters. The highest BCUT2D eigenvalue weighted by Crippen LogP contribution is 2.36. The Morgan fingerprint density at radius 3 is 2.52 bits per heavy atom. The standard InChI is InChI=1S/C16H16F3N5O/c1-15(2,11-4-5-12(20-10-11)16(17,18)19)23-9-6-13(25)22-14(23)24-8-3-7-21-24/h3-10,14H,1-2H3,(H,22,25). The van der Waals surface area contributed by atoms with Crippen LogP contribution < -0.4 is 0 Å². The predicted octanol–water partition coefficient (Wildman–Crippen LogP) is 3.47. The molecule has 0 amide bonds. The average molecular weight is 351 g/mol. The van der Waals surface area contributed by atoms with Crippen LogP contribution in [0.3, 0.4) is 0 Å². The molecule has 1 unspecified atom stereocenters. The topological polar surface area (TPSA) is 66.5 Å². The number of hydrogen-bond donors (Lipinski definition) is 1. The third kappa shape index (κ3) is 3.21. The Kier molecular flexibility index (Phi) is 4.02. The van der Waals surface area contributed by atoms with E-state index < -0.39 is 23.7 Å². The molecule has 9 heteroatoms. The van der Waals surface area contributed by atoms with Gasteiger partial charge in [0.05, 0.1) is 5.54 Å². The van der Waals surface area contributed by atoms with Gasteiger partial charge >= 0.3 is 6.18 Å². The van der Waals surface area contributed by atoms with Crippen LogP contribution in [0.4, 0.5) is 13.2 Å². The molecule has 3 rings (SSSR count). The molecule has 6 nitrogen and oxygen atoms in total. The van der Waals surface area contributed by atoms with Gasteiger partial charge in [0, 0.05) is 30.9 Å². The van der Waals surface area contributed by atoms with Crippen LogP contribution in [-0.4, -0.2) is 30.7 Å². The van der Waals surface area contributed by atoms with E-state index in [-0.39, 0.29) is 5.90 Å². The molecule has 2 aromatic rings. The van der Waals surface area contributed by atoms with Gasteiger partial charge in [-0.2, -0.15) is 18.3 Å². The summed E-state index contributed by atoms with van der Waals surface area (Å²) in [5.41, 5.74) is -1.13. The SMILES string of the molecule is CC(C)(c1ccc(C(F)(F)F)nc1)N1C=CC(O)=NC1n1cccn1. The lowest BCUT2D eigenvalue weighted by Crippen LogP contribution is -2.43. The highest BCUT2D eigenvalue weighted by molar-refractivity contribution is 5.86. The van der Waals surface area contributed by atoms with E-state index in [9.17, 15) is 18.3 Å². The molecule has 3 heterocycles. The molecule has 1 aliphatic rings. The molecule has 25 heavy (non-hydrogen) atoms. The number of aliphatic hydroxyl groups excluding tert-OH is 1. The molecule has 0 aromatic carbocycles. The number of alkyl halides is 3. The fraction of sp³-hybridized carbons (Fsp3) is 0.312. The van der Waals surface area contributed by atoms with Crippen molar-refractivity contribution in [2.24, 2.45) is 4.99 Å². The van der Waals surface area contributed by atoms with Gasteiger partial charge in [-0.3, -0.25) is 4.98 Å². The molecule has 0 bridgehead atoms. The quantitative estimate of drug-likeness (QED) is 0.919. The minimum Gasteiger partial charge on any atom is -0.493 e. The first-order chi connectivity index (χ1) is 11.7. The maximum absolute atomic E-state index is 12.7. The number of nitrogens with zero attached hydrogens (tertiary/aromatic N) is 5. The van der Waals surface area contributed by atoms with Crippen LogP contribution in [0.1, 0.15) is 31.4 Å². The van der Waals surface area contributed by atoms with Crippen molar-refractivity contribution in [2.75, 3.05) is 0 Å². The number of aromatic nitrogens is 3. The molecular formula is C16H16F3N5O. The maximum Gasteiger partial charge on any atom is 0.433 e. The van der Waals surface area contributed by atoms with E-state index in [1.807, 2.05) is 13.8 Å². The summed E-state index contributed by atoms with van der Waals surface area (Å²) in [5, 5.41) is 13.9. The molecule has 0 fully saturated rings. The molecule has 0 saturated heterocycles. The molecule has 2 aromatic heterocycles. The Balaban J connectivity index is 1.96. The van der Waals surface area contributed by atoms with Crippen molar-refractivity contribution in [3.05, 3.63) is 60.3 Å². The Hall–Kier alpha value is -2.84. The Morgan fingerprint density at radius 2 is 1.96 bits per heavy atom. The number of aliphatic hydroxyl groups is 1. The highest BCUT2D eigenvalue weighted by Gasteiger charge is 2.37. The van der Waals surface area contributed by atoms with Crippen LogP contribution in [0, 0.1) is 0 Å². The van der Waals surface area contributed by atoms with Gasteiger partial charge in [-0.1, -0.05) is 6.07 Å². The van der Waals surface area contributed by atoms with Gasteiger partial charge < -0.3 is 10.0 Å². The summed E-state index contributed by atoms with van der Waals surface area (Å²) in [4.78, 5) is 9.48. The smallest absolute Gasteiger partial charge is 0.433 e. The van der Waals surface area contributed by atoms with Gasteiger partial charge in [0.1, 0.15) is 5.69 Å². The monoisotopic (exact) mass is 351 g/mol. The van der Waals surface area contributed by atoms with Crippen molar-refractivity contribution in [3.63, 3.8) is 0 Å². The molecular weight excluding hydrogens is 335 g/mol. The van der Waals surface area contributed by atoms with Crippen molar-refractivity contribution >= 4 is 5.90 Å². The molecule has 132 valence electrons. The van der Waals surface area contributed by atoms with Gasteiger partial charge in [-0.25, -0.2) is 9.67 Å². The van der Waals surface area contributed by atoms with E-state index in [0.29, 0.717) is 5.56 Å². The summed E-state index contributed by atoms with van der Waals surface area (Å²) in [7, 11) is 0. The largest absolute Gasteiger partial charge is 0.493 e. The summed E-state index contributed by atoms with van der Waals surface area (Å²) in [6, 6.07) is 4.06. The average Bonchev–Trinajstić information content (AvgIpc) is 3.08. The molecule has 1 aliphatic heterocycles. The Labute approximate surface area is 141 Å². The summed E-state index contributed by atoms with van der Waals surface area (Å²) in [6.07, 6.45) is 2.36. The Morgan fingerprint density at radius 1 is 1.20 bits per heavy atom. The first-order valence-corrected chi connectivity index (χ1v) is 7.46. The molecule has 0 saturated carbocycles. The van der Waals surface area contributed by atoms with E-state index in [1.54, 1.807) is 34.2 Å². The second-order valence-corrected chi connectivity index (χ2v) is 6.03. The highest BCUT2D eigenvalue weighted by atomic mass is 19.4. The zero-order valence-corrected chi connectivity index (χ0v) is 13.5. The van der Waals surface area contributed by atoms with Gasteiger partial charge in [0.15, 0.2) is 0 Å². The second kappa shape index (κ2) is 5.91. The van der Waals surface area contributed by atoms with Crippen LogP contribution in [0.15, 0.2) is 54.1 Å². The summed E-state index contributed by atoms with van der Waals surface area (Å²) >= 11 is 0. The van der Waals surface area contributed by atoms with Gasteiger partial charge in [-0.15, -0.1) is 0 Å². The zero-order chi connectivity index (χ0) is 18.2. The van der Waals surface area contributed by atoms with Crippen molar-refractivity contribution < 1.29 is 18.3 Å². The third-order valence-corrected chi connectivity index (χ3v) is 4.05. The predicted molar refractivity (Wildman–Crippen MR) is 84.6 cm³/mol. The van der Waals surface area contributed by atoms with Crippen molar-refractivity contribution in [1.82, 2.24) is 19.7 Å². The van der Waals surface area contributed by atoms with Crippen LogP contribution in [0.25, 0.3) is 0 Å². The molecule has 0 spiro atoms. The summed E-state index contributed by atoms with van der Waals surface area (Å²) in [5.74, 6) is -0.155. The fourth-order valence-corrected chi connectivity index (χ4v) is 2.60. The first kappa shape index (κ1) is 17.0. The van der Waals surface area contributed by atoms with Gasteiger partial charge in [-0.05, 0) is 31.5 Å². The van der Waals surface area contributed by atoms with E-state index in [2.05, 4.69) is 15.1 Å². The third-order valence-electron chi connectivity index (χ3n) is 4.05. The molecule has 0 aliphatic carbocycles. The van der Waals surface area contributed by atoms with E-state index in [0.717, 1.165) is 6.07 Å². The lowest BCUT2D eigenvalue weighted by molar-refractivity contribution is -0.141. The van der Waals surface area contributed by atoms with Gasteiger partial charge in [0.25, 0.3) is 0 Å². The first-order valence-electron chi connectivity index (χ1n) is 7.46. The molecule has 0 radical (unpaired) electrons. The second-order valence-electron chi connectivity index (χ2n) is 6.03. The lowest BCUT2D eigenvalue weighted by Gasteiger charge is -2.42. The van der Waals surface area contributed by atoms with Crippen molar-refractivity contribution in [3.8, 4) is 0 Å².